The summed E-state index contributed by atoms with van der Waals surface area (Å²) in [4.78, 5) is 0. The van der Waals surface area contributed by atoms with Gasteiger partial charge in [-0.25, -0.2) is 0 Å². The van der Waals surface area contributed by atoms with E-state index in [-0.39, 0.29) is 0 Å². The molecule has 4 fully saturated rings. The van der Waals surface area contributed by atoms with E-state index in [0.29, 0.717) is 0 Å². The van der Waals surface area contributed by atoms with E-state index in [4.69, 9.17) is 0 Å². The minimum atomic E-state index is -1.05. The van der Waals surface area contributed by atoms with Gasteiger partial charge in [0.05, 0.1) is 8.07 Å². The third kappa shape index (κ3) is 2.46. The molecule has 0 aromatic rings. The van der Waals surface area contributed by atoms with Gasteiger partial charge in [0.1, 0.15) is 0 Å². The van der Waals surface area contributed by atoms with Gasteiger partial charge in [0.15, 0.2) is 0 Å². The van der Waals surface area contributed by atoms with Crippen molar-refractivity contribution in [1.82, 2.24) is 0 Å². The molecule has 0 N–H and O–H groups in total. The van der Waals surface area contributed by atoms with Crippen LogP contribution in [-0.4, -0.2) is 8.07 Å². The normalized spacial score (nSPS) is 47.1. The molecule has 4 rings (SSSR count). The zero-order chi connectivity index (χ0) is 14.4. The Morgan fingerprint density at radius 2 is 0.952 bits per heavy atom. The van der Waals surface area contributed by atoms with E-state index in [2.05, 4.69) is 13.1 Å². The highest BCUT2D eigenvalue weighted by atomic mass is 28.3. The number of hydrogen-bond acceptors (Lipinski definition) is 0. The van der Waals surface area contributed by atoms with Crippen molar-refractivity contribution in [2.45, 2.75) is 101 Å². The lowest BCUT2D eigenvalue weighted by atomic mass is 9.81. The fraction of sp³-hybridized carbons (Fsp3) is 1.00. The number of fused-ring (bicyclic) bond motifs is 2. The van der Waals surface area contributed by atoms with E-state index < -0.39 is 8.07 Å². The van der Waals surface area contributed by atoms with Crippen molar-refractivity contribution in [2.24, 2.45) is 23.7 Å². The summed E-state index contributed by atoms with van der Waals surface area (Å²) < 4.78 is 0. The summed E-state index contributed by atoms with van der Waals surface area (Å²) in [7, 11) is -1.05. The van der Waals surface area contributed by atoms with E-state index in [1.165, 1.54) is 22.9 Å². The fourth-order valence-corrected chi connectivity index (χ4v) is 13.0. The first-order valence-electron chi connectivity index (χ1n) is 10.2. The standard InChI is InChI=1S/C20H36Si/c1-21(2,19-13-11-15-7-3-5-9-17(15)19)20-14-12-16-8-4-6-10-18(16)20/h15-20H,3-14H2,1-2H3/t15-,16-,17-,18-,19-,20?/m0/s1. The zero-order valence-corrected chi connectivity index (χ0v) is 15.4. The highest BCUT2D eigenvalue weighted by Crippen LogP contribution is 2.61. The lowest BCUT2D eigenvalue weighted by Gasteiger charge is -2.45. The molecule has 6 atom stereocenters. The van der Waals surface area contributed by atoms with Crippen LogP contribution in [0.25, 0.3) is 0 Å². The van der Waals surface area contributed by atoms with Crippen LogP contribution in [0.15, 0.2) is 0 Å². The first-order valence-corrected chi connectivity index (χ1v) is 13.3. The third-order valence-electron chi connectivity index (χ3n) is 8.58. The fourth-order valence-electron chi connectivity index (χ4n) is 7.59. The van der Waals surface area contributed by atoms with Gasteiger partial charge in [0, 0.05) is 0 Å². The highest BCUT2D eigenvalue weighted by molar-refractivity contribution is 6.80. The molecule has 0 saturated heterocycles. The Kier molecular flexibility index (Phi) is 4.01. The summed E-state index contributed by atoms with van der Waals surface area (Å²) in [6.45, 7) is 5.66. The molecular formula is C20H36Si. The van der Waals surface area contributed by atoms with E-state index in [9.17, 15) is 0 Å². The van der Waals surface area contributed by atoms with Gasteiger partial charge >= 0.3 is 0 Å². The molecule has 21 heavy (non-hydrogen) atoms. The topological polar surface area (TPSA) is 0 Å². The Balaban J connectivity index is 1.52. The summed E-state index contributed by atoms with van der Waals surface area (Å²) in [6, 6.07) is 0. The molecule has 0 spiro atoms. The lowest BCUT2D eigenvalue weighted by Crippen LogP contribution is -2.43. The molecule has 0 aliphatic heterocycles. The van der Waals surface area contributed by atoms with Gasteiger partial charge in [-0.1, -0.05) is 90.1 Å². The third-order valence-corrected chi connectivity index (χ3v) is 13.8. The minimum Gasteiger partial charge on any atom is -0.0689 e. The molecule has 120 valence electrons. The van der Waals surface area contributed by atoms with Gasteiger partial charge in [-0.05, 0) is 34.8 Å². The molecule has 0 heterocycles. The second kappa shape index (κ2) is 5.69. The molecule has 0 nitrogen and oxygen atoms in total. The zero-order valence-electron chi connectivity index (χ0n) is 14.4. The van der Waals surface area contributed by atoms with Gasteiger partial charge < -0.3 is 0 Å². The van der Waals surface area contributed by atoms with Gasteiger partial charge in [-0.2, -0.15) is 0 Å². The Bertz CT molecular complexity index is 340. The van der Waals surface area contributed by atoms with E-state index in [1.807, 2.05) is 0 Å². The van der Waals surface area contributed by atoms with Gasteiger partial charge in [0.25, 0.3) is 0 Å². The first kappa shape index (κ1) is 14.8. The Morgan fingerprint density at radius 1 is 0.524 bits per heavy atom. The molecule has 0 aromatic heterocycles. The van der Waals surface area contributed by atoms with Crippen LogP contribution in [0.3, 0.4) is 0 Å². The molecule has 0 bridgehead atoms. The second-order valence-corrected chi connectivity index (χ2v) is 14.7. The maximum atomic E-state index is 2.83. The Hall–Kier alpha value is 0.217. The average Bonchev–Trinajstić information content (AvgIpc) is 3.12. The average molecular weight is 305 g/mol. The Morgan fingerprint density at radius 3 is 1.43 bits per heavy atom. The van der Waals surface area contributed by atoms with Crippen LogP contribution < -0.4 is 0 Å². The molecule has 4 aliphatic carbocycles. The van der Waals surface area contributed by atoms with Crippen LogP contribution >= 0.6 is 0 Å². The first-order chi connectivity index (χ1) is 10.2. The molecule has 0 amide bonds. The summed E-state index contributed by atoms with van der Waals surface area (Å²) in [6.07, 6.45) is 19.0. The molecule has 1 heteroatoms. The Labute approximate surface area is 133 Å². The SMILES string of the molecule is C[Si](C)(C1CC[C@@H]2CCCC[C@H]12)[C@H]1CC[C@@H]2CCCC[C@@H]21. The predicted molar refractivity (Wildman–Crippen MR) is 94.3 cm³/mol. The van der Waals surface area contributed by atoms with Gasteiger partial charge in [0.2, 0.25) is 0 Å². The smallest absolute Gasteiger partial charge is 0.0541 e. The lowest BCUT2D eigenvalue weighted by molar-refractivity contribution is 0.263. The second-order valence-electron chi connectivity index (χ2n) is 9.61. The monoisotopic (exact) mass is 304 g/mol. The molecule has 0 radical (unpaired) electrons. The number of rotatable bonds is 2. The van der Waals surface area contributed by atoms with Crippen molar-refractivity contribution in [3.05, 3.63) is 0 Å². The summed E-state index contributed by atoms with van der Waals surface area (Å²) >= 11 is 0. The van der Waals surface area contributed by atoms with Crippen LogP contribution in [0.1, 0.15) is 77.0 Å². The largest absolute Gasteiger partial charge is 0.0689 e. The summed E-state index contributed by atoms with van der Waals surface area (Å²) in [5.74, 6) is 4.64. The van der Waals surface area contributed by atoms with Crippen molar-refractivity contribution in [1.29, 1.82) is 0 Å². The van der Waals surface area contributed by atoms with Gasteiger partial charge in [-0.3, -0.25) is 0 Å². The van der Waals surface area contributed by atoms with Crippen LogP contribution in [0.2, 0.25) is 24.2 Å². The van der Waals surface area contributed by atoms with E-state index in [1.54, 1.807) is 77.0 Å². The van der Waals surface area contributed by atoms with Crippen LogP contribution in [0, 0.1) is 23.7 Å². The van der Waals surface area contributed by atoms with Crippen molar-refractivity contribution in [2.75, 3.05) is 0 Å². The van der Waals surface area contributed by atoms with Crippen molar-refractivity contribution < 1.29 is 0 Å². The molecule has 4 aliphatic rings. The predicted octanol–water partition coefficient (Wildman–Crippen LogP) is 6.64. The quantitative estimate of drug-likeness (QED) is 0.502. The molecular weight excluding hydrogens is 268 g/mol. The maximum absolute atomic E-state index is 2.83. The highest BCUT2D eigenvalue weighted by Gasteiger charge is 2.53. The number of hydrogen-bond donors (Lipinski definition) is 0. The maximum Gasteiger partial charge on any atom is 0.0541 e. The van der Waals surface area contributed by atoms with Crippen molar-refractivity contribution in [3.8, 4) is 0 Å². The van der Waals surface area contributed by atoms with Crippen LogP contribution in [0.5, 0.6) is 0 Å². The van der Waals surface area contributed by atoms with Crippen LogP contribution in [-0.2, 0) is 0 Å². The minimum absolute atomic E-state index is 1.05. The summed E-state index contributed by atoms with van der Waals surface area (Å²) in [5, 5.41) is 0. The van der Waals surface area contributed by atoms with Crippen molar-refractivity contribution >= 4 is 8.07 Å². The molecule has 1 unspecified atom stereocenters. The van der Waals surface area contributed by atoms with Crippen molar-refractivity contribution in [3.63, 3.8) is 0 Å². The van der Waals surface area contributed by atoms with E-state index >= 15 is 0 Å². The molecule has 4 saturated carbocycles. The van der Waals surface area contributed by atoms with Gasteiger partial charge in [-0.15, -0.1) is 0 Å². The summed E-state index contributed by atoms with van der Waals surface area (Å²) in [5.41, 5.74) is 2.40. The van der Waals surface area contributed by atoms with Crippen LogP contribution in [0.4, 0.5) is 0 Å². The molecule has 0 aromatic carbocycles. The van der Waals surface area contributed by atoms with E-state index in [0.717, 1.165) is 11.8 Å².